The number of imide groups is 1. The molecule has 0 aliphatic carbocycles. The Morgan fingerprint density at radius 2 is 1.59 bits per heavy atom. The van der Waals surface area contributed by atoms with E-state index in [4.69, 9.17) is 14.2 Å². The molecule has 2 aromatic rings. The minimum absolute atomic E-state index is 0.192. The van der Waals surface area contributed by atoms with E-state index in [9.17, 15) is 14.4 Å². The summed E-state index contributed by atoms with van der Waals surface area (Å²) >= 11 is 0. The maximum atomic E-state index is 13.2. The summed E-state index contributed by atoms with van der Waals surface area (Å²) in [6, 6.07) is 9.97. The van der Waals surface area contributed by atoms with Crippen LogP contribution >= 0.6 is 0 Å². The molecule has 0 aromatic heterocycles. The monoisotopic (exact) mass is 441 g/mol. The topological polar surface area (TPSA) is 97.4 Å². The van der Waals surface area contributed by atoms with E-state index in [2.05, 4.69) is 5.32 Å². The summed E-state index contributed by atoms with van der Waals surface area (Å²) in [6.07, 6.45) is -0.192. The van der Waals surface area contributed by atoms with Crippen LogP contribution in [-0.4, -0.2) is 56.2 Å². The van der Waals surface area contributed by atoms with E-state index < -0.39 is 23.9 Å². The van der Waals surface area contributed by atoms with Crippen LogP contribution in [0.2, 0.25) is 0 Å². The number of benzene rings is 2. The van der Waals surface area contributed by atoms with Crippen molar-refractivity contribution in [3.63, 3.8) is 0 Å². The van der Waals surface area contributed by atoms with Gasteiger partial charge < -0.3 is 24.4 Å². The molecular formula is C23H27N3O6. The van der Waals surface area contributed by atoms with Crippen molar-refractivity contribution < 1.29 is 28.6 Å². The number of nitrogens with zero attached hydrogens (tertiary/aromatic N) is 2. The van der Waals surface area contributed by atoms with Gasteiger partial charge in [-0.3, -0.25) is 9.59 Å². The van der Waals surface area contributed by atoms with Gasteiger partial charge in [-0.2, -0.15) is 0 Å². The molecule has 3 rings (SSSR count). The number of ether oxygens (including phenoxy) is 3. The molecule has 4 amide bonds. The van der Waals surface area contributed by atoms with Gasteiger partial charge in [-0.05, 0) is 26.0 Å². The van der Waals surface area contributed by atoms with Crippen LogP contribution in [0.1, 0.15) is 20.3 Å². The van der Waals surface area contributed by atoms with Crippen LogP contribution in [0.4, 0.5) is 16.2 Å². The molecule has 32 heavy (non-hydrogen) atoms. The Labute approximate surface area is 186 Å². The molecule has 0 saturated carbocycles. The molecule has 0 bridgehead atoms. The first-order chi connectivity index (χ1) is 15.3. The van der Waals surface area contributed by atoms with Crippen molar-refractivity contribution in [3.8, 4) is 17.2 Å². The number of urea groups is 1. The second-order valence-electron chi connectivity index (χ2n) is 7.53. The van der Waals surface area contributed by atoms with Crippen LogP contribution in [0.25, 0.3) is 0 Å². The Kier molecular flexibility index (Phi) is 6.87. The molecule has 1 atom stereocenters. The molecule has 1 aliphatic rings. The van der Waals surface area contributed by atoms with Crippen LogP contribution in [0.3, 0.4) is 0 Å². The number of hydrogen-bond donors (Lipinski definition) is 1. The average Bonchev–Trinajstić information content (AvgIpc) is 3.02. The van der Waals surface area contributed by atoms with Crippen LogP contribution in [0.5, 0.6) is 17.2 Å². The minimum atomic E-state index is -0.929. The summed E-state index contributed by atoms with van der Waals surface area (Å²) in [4.78, 5) is 41.6. The molecule has 1 saturated heterocycles. The van der Waals surface area contributed by atoms with E-state index >= 15 is 0 Å². The van der Waals surface area contributed by atoms with Crippen LogP contribution in [0, 0.1) is 0 Å². The Hall–Kier alpha value is -3.75. The van der Waals surface area contributed by atoms with Gasteiger partial charge in [0.25, 0.3) is 5.91 Å². The number of carbonyl (C=O) groups is 3. The lowest BCUT2D eigenvalue weighted by atomic mass is 10.1. The second kappa shape index (κ2) is 9.59. The van der Waals surface area contributed by atoms with E-state index in [1.807, 2.05) is 0 Å². The standard InChI is InChI=1S/C23H27N3O6/c1-14(2)25-20(13-21(27)24-15-9-18(31-4)12-19(10-15)32-5)22(28)26(23(25)29)16-7-6-8-17(11-16)30-3/h6-12,14,20H,13H2,1-5H3,(H,24,27)/t20-/m0/s1. The summed E-state index contributed by atoms with van der Waals surface area (Å²) in [5, 5.41) is 2.76. The quantitative estimate of drug-likeness (QED) is 0.632. The number of nitrogens with one attached hydrogen (secondary N) is 1. The van der Waals surface area contributed by atoms with Gasteiger partial charge in [0.2, 0.25) is 5.91 Å². The number of rotatable bonds is 8. The highest BCUT2D eigenvalue weighted by molar-refractivity contribution is 6.22. The lowest BCUT2D eigenvalue weighted by Gasteiger charge is -2.25. The Morgan fingerprint density at radius 1 is 0.969 bits per heavy atom. The van der Waals surface area contributed by atoms with Gasteiger partial charge in [0.05, 0.1) is 33.4 Å². The zero-order valence-electron chi connectivity index (χ0n) is 18.7. The van der Waals surface area contributed by atoms with Crippen LogP contribution < -0.4 is 24.4 Å². The lowest BCUT2D eigenvalue weighted by molar-refractivity contribution is -0.124. The molecule has 0 unspecified atom stereocenters. The van der Waals surface area contributed by atoms with Crippen LogP contribution in [0.15, 0.2) is 42.5 Å². The largest absolute Gasteiger partial charge is 0.497 e. The first-order valence-corrected chi connectivity index (χ1v) is 10.1. The Morgan fingerprint density at radius 3 is 2.16 bits per heavy atom. The highest BCUT2D eigenvalue weighted by Gasteiger charge is 2.47. The van der Waals surface area contributed by atoms with Gasteiger partial charge in [0, 0.05) is 36.0 Å². The van der Waals surface area contributed by atoms with Crippen molar-refractivity contribution in [3.05, 3.63) is 42.5 Å². The first kappa shape index (κ1) is 22.9. The molecule has 1 N–H and O–H groups in total. The Bertz CT molecular complexity index is 1000. The minimum Gasteiger partial charge on any atom is -0.497 e. The van der Waals surface area contributed by atoms with Gasteiger partial charge in [-0.25, -0.2) is 9.69 Å². The van der Waals surface area contributed by atoms with Crippen molar-refractivity contribution in [2.45, 2.75) is 32.4 Å². The number of amides is 4. The van der Waals surface area contributed by atoms with Gasteiger partial charge >= 0.3 is 6.03 Å². The first-order valence-electron chi connectivity index (χ1n) is 10.1. The average molecular weight is 441 g/mol. The second-order valence-corrected chi connectivity index (χ2v) is 7.53. The summed E-state index contributed by atoms with van der Waals surface area (Å²) in [5.74, 6) is 0.673. The molecule has 1 fully saturated rings. The number of carbonyl (C=O) groups excluding carboxylic acids is 3. The number of hydrogen-bond acceptors (Lipinski definition) is 6. The van der Waals surface area contributed by atoms with Gasteiger partial charge in [0.15, 0.2) is 0 Å². The molecule has 0 spiro atoms. The van der Waals surface area contributed by atoms with Crippen molar-refractivity contribution in [1.82, 2.24) is 4.90 Å². The van der Waals surface area contributed by atoms with Gasteiger partial charge in [-0.15, -0.1) is 0 Å². The molecule has 2 aromatic carbocycles. The summed E-state index contributed by atoms with van der Waals surface area (Å²) in [6.45, 7) is 3.61. The highest BCUT2D eigenvalue weighted by Crippen LogP contribution is 2.31. The van der Waals surface area contributed by atoms with Crippen LogP contribution in [-0.2, 0) is 9.59 Å². The molecule has 9 nitrogen and oxygen atoms in total. The Balaban J connectivity index is 1.83. The SMILES string of the molecule is COc1cc(NC(=O)C[C@H]2C(=O)N(c3cccc(OC)c3)C(=O)N2C(C)C)cc(OC)c1. The molecule has 0 radical (unpaired) electrons. The molecule has 9 heteroatoms. The highest BCUT2D eigenvalue weighted by atomic mass is 16.5. The maximum Gasteiger partial charge on any atom is 0.332 e. The van der Waals surface area contributed by atoms with Gasteiger partial charge in [0.1, 0.15) is 23.3 Å². The lowest BCUT2D eigenvalue weighted by Crippen LogP contribution is -2.42. The third kappa shape index (κ3) is 4.61. The van der Waals surface area contributed by atoms with Crippen molar-refractivity contribution in [1.29, 1.82) is 0 Å². The fourth-order valence-corrected chi connectivity index (χ4v) is 3.63. The zero-order chi connectivity index (χ0) is 23.4. The summed E-state index contributed by atoms with van der Waals surface area (Å²) in [7, 11) is 4.53. The fraction of sp³-hybridized carbons (Fsp3) is 0.348. The number of anilines is 2. The van der Waals surface area contributed by atoms with E-state index in [1.165, 1.54) is 26.2 Å². The van der Waals surface area contributed by atoms with Crippen molar-refractivity contribution >= 4 is 29.2 Å². The molecular weight excluding hydrogens is 414 g/mol. The summed E-state index contributed by atoms with van der Waals surface area (Å²) in [5.41, 5.74) is 0.856. The van der Waals surface area contributed by atoms with E-state index in [1.54, 1.807) is 56.3 Å². The number of methoxy groups -OCH3 is 3. The van der Waals surface area contributed by atoms with Crippen molar-refractivity contribution in [2.24, 2.45) is 0 Å². The van der Waals surface area contributed by atoms with Crippen molar-refractivity contribution in [2.75, 3.05) is 31.5 Å². The smallest absolute Gasteiger partial charge is 0.332 e. The fourth-order valence-electron chi connectivity index (χ4n) is 3.63. The molecule has 170 valence electrons. The predicted octanol–water partition coefficient (Wildman–Crippen LogP) is 3.29. The third-order valence-electron chi connectivity index (χ3n) is 5.14. The summed E-state index contributed by atoms with van der Waals surface area (Å²) < 4.78 is 15.6. The van der Waals surface area contributed by atoms with E-state index in [0.29, 0.717) is 28.6 Å². The zero-order valence-corrected chi connectivity index (χ0v) is 18.7. The maximum absolute atomic E-state index is 13.2. The van der Waals surface area contributed by atoms with E-state index in [-0.39, 0.29) is 12.5 Å². The third-order valence-corrected chi connectivity index (χ3v) is 5.14. The van der Waals surface area contributed by atoms with Gasteiger partial charge in [-0.1, -0.05) is 6.07 Å². The molecule has 1 heterocycles. The van der Waals surface area contributed by atoms with E-state index in [0.717, 1.165) is 4.90 Å². The predicted molar refractivity (Wildman–Crippen MR) is 119 cm³/mol. The normalized spacial score (nSPS) is 15.9. The molecule has 1 aliphatic heterocycles.